The Morgan fingerprint density at radius 2 is 1.86 bits per heavy atom. The molecule has 1 atom stereocenters. The Bertz CT molecular complexity index is 461. The standard InChI is InChI=1S/C16H26N2O3/c1-16(12-19,18-8-6-17-7-9-18)11-13-4-5-14(20-2)15(10-13)21-3/h4-5,10,17,19H,6-9,11-12H2,1-3H3. The number of methoxy groups -OCH3 is 2. The molecular formula is C16H26N2O3. The molecule has 0 spiro atoms. The summed E-state index contributed by atoms with van der Waals surface area (Å²) >= 11 is 0. The highest BCUT2D eigenvalue weighted by Gasteiger charge is 2.32. The molecule has 1 heterocycles. The van der Waals surface area contributed by atoms with Crippen LogP contribution in [0.5, 0.6) is 11.5 Å². The van der Waals surface area contributed by atoms with Crippen LogP contribution in [0.25, 0.3) is 0 Å². The van der Waals surface area contributed by atoms with Crippen LogP contribution in [0.15, 0.2) is 18.2 Å². The minimum Gasteiger partial charge on any atom is -0.493 e. The SMILES string of the molecule is COc1ccc(CC(C)(CO)N2CCNCC2)cc1OC. The Morgan fingerprint density at radius 3 is 2.43 bits per heavy atom. The number of benzene rings is 1. The van der Waals surface area contributed by atoms with Crippen LogP contribution in [0, 0.1) is 0 Å². The average Bonchev–Trinajstić information content (AvgIpc) is 2.55. The normalized spacial score (nSPS) is 19.0. The van der Waals surface area contributed by atoms with E-state index in [1.807, 2.05) is 18.2 Å². The summed E-state index contributed by atoms with van der Waals surface area (Å²) in [6.07, 6.45) is 0.782. The summed E-state index contributed by atoms with van der Waals surface area (Å²) in [5.41, 5.74) is 0.893. The summed E-state index contributed by atoms with van der Waals surface area (Å²) in [5.74, 6) is 1.46. The van der Waals surface area contributed by atoms with Crippen LogP contribution in [0.3, 0.4) is 0 Å². The first-order chi connectivity index (χ1) is 10.1. The molecule has 5 nitrogen and oxygen atoms in total. The fourth-order valence-corrected chi connectivity index (χ4v) is 2.90. The van der Waals surface area contributed by atoms with E-state index in [4.69, 9.17) is 9.47 Å². The Hall–Kier alpha value is -1.30. The van der Waals surface area contributed by atoms with E-state index >= 15 is 0 Å². The molecule has 1 aliphatic heterocycles. The van der Waals surface area contributed by atoms with E-state index in [-0.39, 0.29) is 12.1 Å². The third-order valence-corrected chi connectivity index (χ3v) is 4.25. The zero-order valence-electron chi connectivity index (χ0n) is 13.2. The zero-order chi connectivity index (χ0) is 15.3. The van der Waals surface area contributed by atoms with E-state index in [0.29, 0.717) is 0 Å². The summed E-state index contributed by atoms with van der Waals surface area (Å²) in [5, 5.41) is 13.3. The van der Waals surface area contributed by atoms with Gasteiger partial charge in [-0.3, -0.25) is 4.90 Å². The first-order valence-electron chi connectivity index (χ1n) is 7.40. The average molecular weight is 294 g/mol. The van der Waals surface area contributed by atoms with Gasteiger partial charge in [-0.05, 0) is 31.0 Å². The number of nitrogens with zero attached hydrogens (tertiary/aromatic N) is 1. The van der Waals surface area contributed by atoms with Gasteiger partial charge in [-0.2, -0.15) is 0 Å². The van der Waals surface area contributed by atoms with Crippen molar-refractivity contribution in [2.24, 2.45) is 0 Å². The number of nitrogens with one attached hydrogen (secondary N) is 1. The molecule has 1 saturated heterocycles. The highest BCUT2D eigenvalue weighted by atomic mass is 16.5. The number of aliphatic hydroxyl groups excluding tert-OH is 1. The van der Waals surface area contributed by atoms with Gasteiger partial charge in [0, 0.05) is 31.7 Å². The maximum atomic E-state index is 9.91. The molecule has 0 aliphatic carbocycles. The Balaban J connectivity index is 2.17. The molecule has 5 heteroatoms. The fraction of sp³-hybridized carbons (Fsp3) is 0.625. The first-order valence-corrected chi connectivity index (χ1v) is 7.40. The van der Waals surface area contributed by atoms with Crippen molar-refractivity contribution in [1.82, 2.24) is 10.2 Å². The Morgan fingerprint density at radius 1 is 1.19 bits per heavy atom. The van der Waals surface area contributed by atoms with E-state index in [1.54, 1.807) is 14.2 Å². The van der Waals surface area contributed by atoms with Crippen molar-refractivity contribution >= 4 is 0 Å². The number of hydrogen-bond acceptors (Lipinski definition) is 5. The van der Waals surface area contributed by atoms with Crippen LogP contribution in [-0.4, -0.2) is 62.6 Å². The van der Waals surface area contributed by atoms with Crippen LogP contribution in [0.1, 0.15) is 12.5 Å². The monoisotopic (exact) mass is 294 g/mol. The van der Waals surface area contributed by atoms with Gasteiger partial charge in [-0.25, -0.2) is 0 Å². The van der Waals surface area contributed by atoms with Gasteiger partial charge in [0.2, 0.25) is 0 Å². The number of aliphatic hydroxyl groups is 1. The van der Waals surface area contributed by atoms with Gasteiger partial charge in [-0.15, -0.1) is 0 Å². The minimum absolute atomic E-state index is 0.140. The second-order valence-electron chi connectivity index (χ2n) is 5.76. The highest BCUT2D eigenvalue weighted by Crippen LogP contribution is 2.30. The van der Waals surface area contributed by atoms with Crippen molar-refractivity contribution in [1.29, 1.82) is 0 Å². The molecule has 1 unspecified atom stereocenters. The topological polar surface area (TPSA) is 54.0 Å². The summed E-state index contributed by atoms with van der Waals surface area (Å²) < 4.78 is 10.6. The molecule has 0 bridgehead atoms. The molecule has 0 radical (unpaired) electrons. The van der Waals surface area contributed by atoms with Crippen LogP contribution >= 0.6 is 0 Å². The lowest BCUT2D eigenvalue weighted by atomic mass is 9.91. The second-order valence-corrected chi connectivity index (χ2v) is 5.76. The van der Waals surface area contributed by atoms with Gasteiger partial charge < -0.3 is 19.9 Å². The second kappa shape index (κ2) is 7.11. The summed E-state index contributed by atoms with van der Waals surface area (Å²) in [6.45, 7) is 6.13. The van der Waals surface area contributed by atoms with E-state index in [0.717, 1.165) is 49.7 Å². The fourth-order valence-electron chi connectivity index (χ4n) is 2.90. The molecule has 2 rings (SSSR count). The molecule has 21 heavy (non-hydrogen) atoms. The highest BCUT2D eigenvalue weighted by molar-refractivity contribution is 5.43. The third kappa shape index (κ3) is 3.67. The maximum absolute atomic E-state index is 9.91. The van der Waals surface area contributed by atoms with Crippen molar-refractivity contribution in [3.05, 3.63) is 23.8 Å². The van der Waals surface area contributed by atoms with E-state index < -0.39 is 0 Å². The quantitative estimate of drug-likeness (QED) is 0.816. The van der Waals surface area contributed by atoms with Crippen molar-refractivity contribution < 1.29 is 14.6 Å². The predicted octanol–water partition coefficient (Wildman–Crippen LogP) is 0.902. The van der Waals surface area contributed by atoms with Crippen molar-refractivity contribution in [2.45, 2.75) is 18.9 Å². The number of ether oxygens (including phenoxy) is 2. The number of piperazine rings is 1. The summed E-state index contributed by atoms with van der Waals surface area (Å²) in [4.78, 5) is 2.36. The molecular weight excluding hydrogens is 268 g/mol. The lowest BCUT2D eigenvalue weighted by molar-refractivity contribution is 0.0340. The number of rotatable bonds is 6. The van der Waals surface area contributed by atoms with E-state index in [2.05, 4.69) is 17.1 Å². The molecule has 118 valence electrons. The van der Waals surface area contributed by atoms with E-state index in [1.165, 1.54) is 0 Å². The minimum atomic E-state index is -0.248. The Labute approximate surface area is 126 Å². The van der Waals surface area contributed by atoms with Crippen molar-refractivity contribution in [3.8, 4) is 11.5 Å². The Kier molecular flexibility index (Phi) is 5.45. The first kappa shape index (κ1) is 16.1. The third-order valence-electron chi connectivity index (χ3n) is 4.25. The van der Waals surface area contributed by atoms with Crippen LogP contribution in [0.4, 0.5) is 0 Å². The number of hydrogen-bond donors (Lipinski definition) is 2. The maximum Gasteiger partial charge on any atom is 0.160 e. The van der Waals surface area contributed by atoms with Gasteiger partial charge in [-0.1, -0.05) is 6.07 Å². The molecule has 0 aromatic heterocycles. The predicted molar refractivity (Wildman–Crippen MR) is 83.2 cm³/mol. The van der Waals surface area contributed by atoms with Crippen LogP contribution in [-0.2, 0) is 6.42 Å². The molecule has 1 aromatic rings. The van der Waals surface area contributed by atoms with Gasteiger partial charge >= 0.3 is 0 Å². The van der Waals surface area contributed by atoms with Crippen LogP contribution in [0.2, 0.25) is 0 Å². The van der Waals surface area contributed by atoms with Crippen molar-refractivity contribution in [2.75, 3.05) is 47.0 Å². The van der Waals surface area contributed by atoms with Gasteiger partial charge in [0.15, 0.2) is 11.5 Å². The molecule has 1 fully saturated rings. The lowest BCUT2D eigenvalue weighted by Crippen LogP contribution is -2.57. The molecule has 1 aliphatic rings. The molecule has 0 amide bonds. The van der Waals surface area contributed by atoms with E-state index in [9.17, 15) is 5.11 Å². The molecule has 0 saturated carbocycles. The van der Waals surface area contributed by atoms with Gasteiger partial charge in [0.25, 0.3) is 0 Å². The lowest BCUT2D eigenvalue weighted by Gasteiger charge is -2.42. The smallest absolute Gasteiger partial charge is 0.160 e. The molecule has 1 aromatic carbocycles. The van der Waals surface area contributed by atoms with Crippen LogP contribution < -0.4 is 14.8 Å². The van der Waals surface area contributed by atoms with Gasteiger partial charge in [0.05, 0.1) is 20.8 Å². The molecule has 2 N–H and O–H groups in total. The summed E-state index contributed by atoms with van der Waals surface area (Å²) in [7, 11) is 3.28. The zero-order valence-corrected chi connectivity index (χ0v) is 13.2. The largest absolute Gasteiger partial charge is 0.493 e. The van der Waals surface area contributed by atoms with Gasteiger partial charge in [0.1, 0.15) is 0 Å². The summed E-state index contributed by atoms with van der Waals surface area (Å²) in [6, 6.07) is 5.95. The van der Waals surface area contributed by atoms with Crippen molar-refractivity contribution in [3.63, 3.8) is 0 Å².